The molecule has 1 rings (SSSR count). The van der Waals surface area contributed by atoms with Crippen molar-refractivity contribution in [1.29, 1.82) is 0 Å². The Morgan fingerprint density at radius 2 is 2.20 bits per heavy atom. The second kappa shape index (κ2) is 4.49. The first-order chi connectivity index (χ1) is 6.88. The molecule has 4 heteroatoms. The molecule has 1 aromatic rings. The maximum Gasteiger partial charge on any atom is 0.185 e. The predicted molar refractivity (Wildman–Crippen MR) is 67.5 cm³/mol. The third-order valence-corrected chi connectivity index (χ3v) is 4.30. The highest BCUT2D eigenvalue weighted by molar-refractivity contribution is 7.15. The molecule has 0 aliphatic heterocycles. The number of nitrogens with zero attached hydrogens (tertiary/aromatic N) is 2. The molecule has 1 atom stereocenters. The van der Waals surface area contributed by atoms with E-state index < -0.39 is 0 Å². The van der Waals surface area contributed by atoms with E-state index in [9.17, 15) is 0 Å². The summed E-state index contributed by atoms with van der Waals surface area (Å²) in [4.78, 5) is 7.78. The van der Waals surface area contributed by atoms with Gasteiger partial charge in [0.2, 0.25) is 0 Å². The lowest BCUT2D eigenvalue weighted by Gasteiger charge is -2.34. The maximum absolute atomic E-state index is 5.82. The summed E-state index contributed by atoms with van der Waals surface area (Å²) in [5.41, 5.74) is 5.97. The molecule has 1 unspecified atom stereocenters. The number of anilines is 1. The highest BCUT2D eigenvalue weighted by atomic mass is 32.1. The van der Waals surface area contributed by atoms with Crippen molar-refractivity contribution in [3.05, 3.63) is 11.1 Å². The highest BCUT2D eigenvalue weighted by Gasteiger charge is 2.23. The van der Waals surface area contributed by atoms with Gasteiger partial charge in [0.05, 0.1) is 0 Å². The molecule has 0 spiro atoms. The van der Waals surface area contributed by atoms with Gasteiger partial charge in [0, 0.05) is 29.7 Å². The average molecular weight is 227 g/mol. The zero-order valence-corrected chi connectivity index (χ0v) is 11.1. The summed E-state index contributed by atoms with van der Waals surface area (Å²) in [6, 6.07) is 0.0781. The number of hydrogen-bond donors (Lipinski definition) is 1. The van der Waals surface area contributed by atoms with Crippen LogP contribution in [0.25, 0.3) is 0 Å². The molecule has 0 aliphatic carbocycles. The fourth-order valence-corrected chi connectivity index (χ4v) is 2.13. The molecular weight excluding hydrogens is 206 g/mol. The normalized spacial score (nSPS) is 14.0. The van der Waals surface area contributed by atoms with Crippen molar-refractivity contribution in [1.82, 2.24) is 4.98 Å². The molecule has 1 aromatic heterocycles. The second-order valence-electron chi connectivity index (χ2n) is 4.56. The van der Waals surface area contributed by atoms with Crippen LogP contribution in [-0.2, 0) is 0 Å². The molecule has 0 aliphatic rings. The van der Waals surface area contributed by atoms with Gasteiger partial charge in [-0.1, -0.05) is 6.92 Å². The van der Waals surface area contributed by atoms with E-state index in [0.29, 0.717) is 0 Å². The summed E-state index contributed by atoms with van der Waals surface area (Å²) in [7, 11) is 2.09. The van der Waals surface area contributed by atoms with Gasteiger partial charge >= 0.3 is 0 Å². The third kappa shape index (κ3) is 2.69. The minimum absolute atomic E-state index is 0.0781. The molecule has 86 valence electrons. The van der Waals surface area contributed by atoms with E-state index in [-0.39, 0.29) is 11.6 Å². The van der Waals surface area contributed by atoms with Gasteiger partial charge in [0.25, 0.3) is 0 Å². The van der Waals surface area contributed by atoms with Crippen molar-refractivity contribution < 1.29 is 0 Å². The number of hydrogen-bond acceptors (Lipinski definition) is 4. The third-order valence-electron chi connectivity index (χ3n) is 3.02. The second-order valence-corrected chi connectivity index (χ2v) is 5.60. The SMILES string of the molecule is CCC(C)(C)N(C)c1ncc(C(C)N)s1. The molecule has 0 amide bonds. The van der Waals surface area contributed by atoms with Gasteiger partial charge in [0.15, 0.2) is 5.13 Å². The van der Waals surface area contributed by atoms with Crippen LogP contribution in [0.4, 0.5) is 5.13 Å². The summed E-state index contributed by atoms with van der Waals surface area (Å²) >= 11 is 1.68. The summed E-state index contributed by atoms with van der Waals surface area (Å²) in [5.74, 6) is 0. The van der Waals surface area contributed by atoms with Crippen molar-refractivity contribution in [2.45, 2.75) is 45.7 Å². The molecule has 3 nitrogen and oxygen atoms in total. The average Bonchev–Trinajstić information content (AvgIpc) is 2.65. The Labute approximate surface area is 96.3 Å². The standard InChI is InChI=1S/C11H21N3S/c1-6-11(3,4)14(5)10-13-7-9(15-10)8(2)12/h7-8H,6,12H2,1-5H3. The fraction of sp³-hybridized carbons (Fsp3) is 0.727. The molecule has 15 heavy (non-hydrogen) atoms. The molecular formula is C11H21N3S. The molecule has 0 fully saturated rings. The van der Waals surface area contributed by atoms with Gasteiger partial charge < -0.3 is 10.6 Å². The van der Waals surface area contributed by atoms with Crippen LogP contribution in [-0.4, -0.2) is 17.6 Å². The smallest absolute Gasteiger partial charge is 0.185 e. The van der Waals surface area contributed by atoms with Gasteiger partial charge in [-0.25, -0.2) is 4.98 Å². The van der Waals surface area contributed by atoms with E-state index >= 15 is 0 Å². The van der Waals surface area contributed by atoms with Crippen LogP contribution in [0.2, 0.25) is 0 Å². The van der Waals surface area contributed by atoms with E-state index in [1.165, 1.54) is 0 Å². The van der Waals surface area contributed by atoms with Gasteiger partial charge in [-0.05, 0) is 27.2 Å². The molecule has 0 saturated carbocycles. The molecule has 0 saturated heterocycles. The lowest BCUT2D eigenvalue weighted by molar-refractivity contribution is 0.470. The largest absolute Gasteiger partial charge is 0.346 e. The van der Waals surface area contributed by atoms with Crippen LogP contribution in [0, 0.1) is 0 Å². The van der Waals surface area contributed by atoms with Crippen molar-refractivity contribution in [2.75, 3.05) is 11.9 Å². The van der Waals surface area contributed by atoms with Crippen LogP contribution in [0.5, 0.6) is 0 Å². The first kappa shape index (κ1) is 12.5. The topological polar surface area (TPSA) is 42.2 Å². The fourth-order valence-electron chi connectivity index (χ4n) is 1.14. The monoisotopic (exact) mass is 227 g/mol. The number of thiazole rings is 1. The summed E-state index contributed by atoms with van der Waals surface area (Å²) < 4.78 is 0. The highest BCUT2D eigenvalue weighted by Crippen LogP contribution is 2.30. The zero-order valence-electron chi connectivity index (χ0n) is 10.2. The summed E-state index contributed by atoms with van der Waals surface area (Å²) in [6.45, 7) is 8.62. The Balaban J connectivity index is 2.87. The van der Waals surface area contributed by atoms with Crippen LogP contribution in [0.3, 0.4) is 0 Å². The first-order valence-corrected chi connectivity index (χ1v) is 6.15. The molecule has 1 heterocycles. The molecule has 0 aromatic carbocycles. The minimum atomic E-state index is 0.0781. The molecule has 0 bridgehead atoms. The predicted octanol–water partition coefficient (Wildman–Crippen LogP) is 2.79. The summed E-state index contributed by atoms with van der Waals surface area (Å²) in [6.07, 6.45) is 2.98. The minimum Gasteiger partial charge on any atom is -0.346 e. The van der Waals surface area contributed by atoms with Gasteiger partial charge in [-0.3, -0.25) is 0 Å². The number of aromatic nitrogens is 1. The van der Waals surface area contributed by atoms with Crippen molar-refractivity contribution in [3.8, 4) is 0 Å². The Hall–Kier alpha value is -0.610. The maximum atomic E-state index is 5.82. The van der Waals surface area contributed by atoms with E-state index in [1.54, 1.807) is 11.3 Å². The van der Waals surface area contributed by atoms with Crippen molar-refractivity contribution in [2.24, 2.45) is 5.73 Å². The van der Waals surface area contributed by atoms with Crippen molar-refractivity contribution in [3.63, 3.8) is 0 Å². The number of nitrogens with two attached hydrogens (primary N) is 1. The Bertz CT molecular complexity index is 317. The Morgan fingerprint density at radius 1 is 1.60 bits per heavy atom. The lowest BCUT2D eigenvalue weighted by atomic mass is 10.0. The van der Waals surface area contributed by atoms with Crippen LogP contribution in [0.15, 0.2) is 6.20 Å². The van der Waals surface area contributed by atoms with E-state index in [2.05, 4.69) is 37.7 Å². The Kier molecular flexibility index (Phi) is 3.73. The van der Waals surface area contributed by atoms with Crippen LogP contribution in [0.1, 0.15) is 45.0 Å². The van der Waals surface area contributed by atoms with Crippen LogP contribution >= 0.6 is 11.3 Å². The van der Waals surface area contributed by atoms with Crippen molar-refractivity contribution >= 4 is 16.5 Å². The van der Waals surface area contributed by atoms with E-state index in [1.807, 2.05) is 13.1 Å². The quantitative estimate of drug-likeness (QED) is 0.860. The van der Waals surface area contributed by atoms with E-state index in [0.717, 1.165) is 16.4 Å². The lowest BCUT2D eigenvalue weighted by Crippen LogP contribution is -2.40. The Morgan fingerprint density at radius 3 is 2.60 bits per heavy atom. The van der Waals surface area contributed by atoms with Gasteiger partial charge in [-0.2, -0.15) is 0 Å². The molecule has 2 N–H and O–H groups in total. The number of rotatable bonds is 4. The summed E-state index contributed by atoms with van der Waals surface area (Å²) in [5, 5.41) is 1.05. The van der Waals surface area contributed by atoms with Crippen LogP contribution < -0.4 is 10.6 Å². The zero-order chi connectivity index (χ0) is 11.6. The van der Waals surface area contributed by atoms with E-state index in [4.69, 9.17) is 5.73 Å². The van der Waals surface area contributed by atoms with Gasteiger partial charge in [-0.15, -0.1) is 11.3 Å². The first-order valence-electron chi connectivity index (χ1n) is 5.33. The molecule has 0 radical (unpaired) electrons. The van der Waals surface area contributed by atoms with Gasteiger partial charge in [0.1, 0.15) is 0 Å².